The summed E-state index contributed by atoms with van der Waals surface area (Å²) in [7, 11) is -2.87. The molecule has 4 heterocycles. The summed E-state index contributed by atoms with van der Waals surface area (Å²) in [5.74, 6) is 1.29. The van der Waals surface area contributed by atoms with E-state index < -0.39 is 9.84 Å². The molecule has 0 aliphatic carbocycles. The van der Waals surface area contributed by atoms with Gasteiger partial charge in [0.05, 0.1) is 22.9 Å². The van der Waals surface area contributed by atoms with Gasteiger partial charge in [0.15, 0.2) is 9.84 Å². The Morgan fingerprint density at radius 3 is 2.58 bits per heavy atom. The van der Waals surface area contributed by atoms with Gasteiger partial charge in [-0.1, -0.05) is 30.3 Å². The first-order valence-electron chi connectivity index (χ1n) is 10.7. The van der Waals surface area contributed by atoms with Gasteiger partial charge in [-0.05, 0) is 18.9 Å². The monoisotopic (exact) mass is 458 g/mol. The average Bonchev–Trinajstić information content (AvgIpc) is 3.37. The number of aromatic amines is 1. The van der Waals surface area contributed by atoms with Crippen molar-refractivity contribution in [2.24, 2.45) is 0 Å². The van der Waals surface area contributed by atoms with Gasteiger partial charge < -0.3 is 4.98 Å². The van der Waals surface area contributed by atoms with Crippen LogP contribution in [-0.2, 0) is 9.84 Å². The van der Waals surface area contributed by atoms with Crippen molar-refractivity contribution in [2.45, 2.75) is 25.4 Å². The van der Waals surface area contributed by atoms with E-state index in [-0.39, 0.29) is 23.4 Å². The molecule has 164 valence electrons. The minimum absolute atomic E-state index is 0.00571. The van der Waals surface area contributed by atoms with Crippen LogP contribution in [0.5, 0.6) is 0 Å². The molecular formula is C22H26N4O3S2. The Hall–Kier alpha value is -2.07. The van der Waals surface area contributed by atoms with E-state index in [4.69, 9.17) is 4.98 Å². The summed E-state index contributed by atoms with van der Waals surface area (Å²) in [6.45, 7) is 5.42. The zero-order chi connectivity index (χ0) is 21.6. The Balaban J connectivity index is 1.33. The molecule has 0 spiro atoms. The highest BCUT2D eigenvalue weighted by Gasteiger charge is 2.34. The largest absolute Gasteiger partial charge is 0.309 e. The Morgan fingerprint density at radius 1 is 1.16 bits per heavy atom. The summed E-state index contributed by atoms with van der Waals surface area (Å²) >= 11 is 1.50. The second-order valence-corrected chi connectivity index (χ2v) is 11.5. The lowest BCUT2D eigenvalue weighted by atomic mass is 10.1. The van der Waals surface area contributed by atoms with Crippen LogP contribution in [0, 0.1) is 0 Å². The Kier molecular flexibility index (Phi) is 5.45. The summed E-state index contributed by atoms with van der Waals surface area (Å²) in [5, 5.41) is 2.66. The molecule has 1 N–H and O–H groups in total. The molecule has 5 rings (SSSR count). The molecule has 7 nitrogen and oxygen atoms in total. The van der Waals surface area contributed by atoms with Gasteiger partial charge in [0, 0.05) is 43.2 Å². The molecule has 2 saturated heterocycles. The number of hydrogen-bond donors (Lipinski definition) is 1. The maximum atomic E-state index is 13.0. The summed E-state index contributed by atoms with van der Waals surface area (Å²) < 4.78 is 23.6. The molecule has 0 amide bonds. The van der Waals surface area contributed by atoms with E-state index in [9.17, 15) is 13.2 Å². The number of benzene rings is 1. The van der Waals surface area contributed by atoms with E-state index in [0.717, 1.165) is 48.6 Å². The van der Waals surface area contributed by atoms with Crippen LogP contribution in [0.1, 0.15) is 25.2 Å². The van der Waals surface area contributed by atoms with Crippen molar-refractivity contribution < 1.29 is 8.42 Å². The Bertz CT molecular complexity index is 1240. The van der Waals surface area contributed by atoms with Gasteiger partial charge in [-0.2, -0.15) is 0 Å². The topological polar surface area (TPSA) is 86.4 Å². The lowest BCUT2D eigenvalue weighted by Gasteiger charge is -2.39. The van der Waals surface area contributed by atoms with Gasteiger partial charge >= 0.3 is 0 Å². The SMILES string of the molecule is C[C@@H](c1nc2scc(-c3ccccc3)c2c(=O)[nH]1)N1CCN([C@@H]2CCS(=O)(=O)C2)CC1. The van der Waals surface area contributed by atoms with Crippen LogP contribution >= 0.6 is 11.3 Å². The second-order valence-electron chi connectivity index (χ2n) is 8.45. The fourth-order valence-electron chi connectivity index (χ4n) is 4.72. The van der Waals surface area contributed by atoms with Crippen LogP contribution in [0.3, 0.4) is 0 Å². The van der Waals surface area contributed by atoms with Crippen LogP contribution in [0.2, 0.25) is 0 Å². The number of aromatic nitrogens is 2. The lowest BCUT2D eigenvalue weighted by Crippen LogP contribution is -2.51. The minimum atomic E-state index is -2.87. The highest BCUT2D eigenvalue weighted by Crippen LogP contribution is 2.31. The predicted octanol–water partition coefficient (Wildman–Crippen LogP) is 2.52. The molecule has 0 saturated carbocycles. The Morgan fingerprint density at radius 2 is 1.90 bits per heavy atom. The van der Waals surface area contributed by atoms with Crippen LogP contribution in [0.25, 0.3) is 21.3 Å². The third-order valence-electron chi connectivity index (χ3n) is 6.56. The molecule has 0 bridgehead atoms. The van der Waals surface area contributed by atoms with Gasteiger partial charge in [-0.3, -0.25) is 14.6 Å². The van der Waals surface area contributed by atoms with Crippen LogP contribution in [-0.4, -0.2) is 71.9 Å². The van der Waals surface area contributed by atoms with E-state index in [2.05, 4.69) is 21.7 Å². The fourth-order valence-corrected chi connectivity index (χ4v) is 7.44. The number of thiophene rings is 1. The predicted molar refractivity (Wildman–Crippen MR) is 124 cm³/mol. The number of H-pyrrole nitrogens is 1. The molecule has 2 aromatic heterocycles. The lowest BCUT2D eigenvalue weighted by molar-refractivity contribution is 0.0778. The maximum Gasteiger partial charge on any atom is 0.260 e. The molecule has 3 aromatic rings. The quantitative estimate of drug-likeness (QED) is 0.647. The van der Waals surface area contributed by atoms with Gasteiger partial charge in [0.25, 0.3) is 5.56 Å². The summed E-state index contributed by atoms with van der Waals surface area (Å²) in [5.41, 5.74) is 1.85. The molecule has 2 fully saturated rings. The third kappa shape index (κ3) is 4.07. The van der Waals surface area contributed by atoms with E-state index in [1.807, 2.05) is 35.7 Å². The third-order valence-corrected chi connectivity index (χ3v) is 9.19. The van der Waals surface area contributed by atoms with E-state index in [1.54, 1.807) is 0 Å². The van der Waals surface area contributed by atoms with Crippen LogP contribution < -0.4 is 5.56 Å². The van der Waals surface area contributed by atoms with Gasteiger partial charge in [0.1, 0.15) is 10.7 Å². The summed E-state index contributed by atoms with van der Waals surface area (Å²) in [4.78, 5) is 26.2. The first-order chi connectivity index (χ1) is 14.9. The average molecular weight is 459 g/mol. The number of nitrogens with one attached hydrogen (secondary N) is 1. The normalized spacial score (nSPS) is 23.3. The number of sulfone groups is 1. The molecule has 2 aliphatic rings. The van der Waals surface area contributed by atoms with Gasteiger partial charge in [0.2, 0.25) is 0 Å². The van der Waals surface area contributed by atoms with E-state index in [1.165, 1.54) is 11.3 Å². The molecule has 31 heavy (non-hydrogen) atoms. The van der Waals surface area contributed by atoms with E-state index >= 15 is 0 Å². The van der Waals surface area contributed by atoms with Crippen molar-refractivity contribution in [1.82, 2.24) is 19.8 Å². The van der Waals surface area contributed by atoms with E-state index in [0.29, 0.717) is 17.0 Å². The number of nitrogens with zero attached hydrogens (tertiary/aromatic N) is 3. The number of piperazine rings is 1. The van der Waals surface area contributed by atoms with Crippen LogP contribution in [0.4, 0.5) is 0 Å². The molecule has 0 radical (unpaired) electrons. The minimum Gasteiger partial charge on any atom is -0.309 e. The molecule has 9 heteroatoms. The number of fused-ring (bicyclic) bond motifs is 1. The van der Waals surface area contributed by atoms with Gasteiger partial charge in [-0.25, -0.2) is 13.4 Å². The zero-order valence-corrected chi connectivity index (χ0v) is 19.1. The Labute approximate surface area is 185 Å². The summed E-state index contributed by atoms with van der Waals surface area (Å²) in [6, 6.07) is 10.1. The molecule has 2 atom stereocenters. The van der Waals surface area contributed by atoms with Crippen molar-refractivity contribution >= 4 is 31.4 Å². The second kappa shape index (κ2) is 8.12. The number of hydrogen-bond acceptors (Lipinski definition) is 7. The van der Waals surface area contributed by atoms with Crippen LogP contribution in [0.15, 0.2) is 40.5 Å². The van der Waals surface area contributed by atoms with Crippen molar-refractivity contribution in [1.29, 1.82) is 0 Å². The highest BCUT2D eigenvalue weighted by atomic mass is 32.2. The zero-order valence-electron chi connectivity index (χ0n) is 17.5. The van der Waals surface area contributed by atoms with Crippen molar-refractivity contribution in [2.75, 3.05) is 37.7 Å². The smallest absolute Gasteiger partial charge is 0.260 e. The van der Waals surface area contributed by atoms with Crippen molar-refractivity contribution in [3.8, 4) is 11.1 Å². The number of rotatable bonds is 4. The maximum absolute atomic E-state index is 13.0. The van der Waals surface area contributed by atoms with Crippen molar-refractivity contribution in [3.05, 3.63) is 51.9 Å². The molecule has 0 unspecified atom stereocenters. The fraction of sp³-hybridized carbons (Fsp3) is 0.455. The molecular weight excluding hydrogens is 432 g/mol. The van der Waals surface area contributed by atoms with Crippen molar-refractivity contribution in [3.63, 3.8) is 0 Å². The van der Waals surface area contributed by atoms with Gasteiger partial charge in [-0.15, -0.1) is 11.3 Å². The highest BCUT2D eigenvalue weighted by molar-refractivity contribution is 7.91. The summed E-state index contributed by atoms with van der Waals surface area (Å²) in [6.07, 6.45) is 0.742. The first kappa shape index (κ1) is 20.8. The first-order valence-corrected chi connectivity index (χ1v) is 13.4. The molecule has 1 aromatic carbocycles. The molecule has 2 aliphatic heterocycles. The standard InChI is InChI=1S/C22H26N4O3S2/c1-15(25-8-10-26(11-9-25)17-7-12-31(28,29)14-17)20-23-21(27)19-18(13-30-22(19)24-20)16-5-3-2-4-6-16/h2-6,13,15,17H,7-12,14H2,1H3,(H,23,24,27)/t15-,17+/m0/s1.